The molecule has 1 heteroatoms. The Hall–Kier alpha value is -0.0400. The molecule has 0 saturated carbocycles. The van der Waals surface area contributed by atoms with E-state index in [0.29, 0.717) is 6.04 Å². The Bertz CT molecular complexity index is 79.1. The summed E-state index contributed by atoms with van der Waals surface area (Å²) in [5.41, 5.74) is 5.65. The minimum atomic E-state index is 0.403. The summed E-state index contributed by atoms with van der Waals surface area (Å²) in [4.78, 5) is 0. The Morgan fingerprint density at radius 1 is 0.917 bits per heavy atom. The predicted octanol–water partition coefficient (Wildman–Crippen LogP) is 3.47. The van der Waals surface area contributed by atoms with Crippen LogP contribution in [-0.2, 0) is 0 Å². The van der Waals surface area contributed by atoms with Crippen molar-refractivity contribution in [1.82, 2.24) is 0 Å². The van der Waals surface area contributed by atoms with Crippen molar-refractivity contribution in [2.75, 3.05) is 0 Å². The summed E-state index contributed by atoms with van der Waals surface area (Å²) in [7, 11) is 0. The fourth-order valence-electron chi connectivity index (χ4n) is 1.42. The SMILES string of the molecule is CCCCCCCCC[C@@H](C)N. The van der Waals surface area contributed by atoms with Gasteiger partial charge in [-0.3, -0.25) is 0 Å². The second-order valence-corrected chi connectivity index (χ2v) is 3.89. The third kappa shape index (κ3) is 9.96. The van der Waals surface area contributed by atoms with E-state index in [4.69, 9.17) is 5.73 Å². The predicted molar refractivity (Wildman–Crippen MR) is 56.3 cm³/mol. The molecule has 0 aromatic rings. The summed E-state index contributed by atoms with van der Waals surface area (Å²) in [6.45, 7) is 4.35. The molecule has 0 bridgehead atoms. The van der Waals surface area contributed by atoms with Gasteiger partial charge in [-0.1, -0.05) is 51.9 Å². The Kier molecular flexibility index (Phi) is 9.02. The summed E-state index contributed by atoms with van der Waals surface area (Å²) < 4.78 is 0. The molecule has 0 aliphatic carbocycles. The van der Waals surface area contributed by atoms with Crippen LogP contribution in [-0.4, -0.2) is 6.04 Å². The maximum absolute atomic E-state index is 5.65. The van der Waals surface area contributed by atoms with Gasteiger partial charge < -0.3 is 5.73 Å². The van der Waals surface area contributed by atoms with Gasteiger partial charge in [-0.05, 0) is 13.3 Å². The van der Waals surface area contributed by atoms with Gasteiger partial charge in [-0.2, -0.15) is 0 Å². The van der Waals surface area contributed by atoms with Crippen LogP contribution in [0.1, 0.15) is 65.2 Å². The monoisotopic (exact) mass is 171 g/mol. The van der Waals surface area contributed by atoms with Crippen LogP contribution in [0.2, 0.25) is 0 Å². The van der Waals surface area contributed by atoms with E-state index in [1.165, 1.54) is 51.4 Å². The molecular formula is C11H25N. The molecule has 1 atom stereocenters. The molecule has 2 N–H and O–H groups in total. The third-order valence-corrected chi connectivity index (χ3v) is 2.26. The zero-order chi connectivity index (χ0) is 9.23. The number of hydrogen-bond donors (Lipinski definition) is 1. The maximum Gasteiger partial charge on any atom is 0.00104 e. The first-order valence-electron chi connectivity index (χ1n) is 5.53. The second-order valence-electron chi connectivity index (χ2n) is 3.89. The van der Waals surface area contributed by atoms with Gasteiger partial charge in [0.05, 0.1) is 0 Å². The minimum Gasteiger partial charge on any atom is -0.328 e. The molecule has 12 heavy (non-hydrogen) atoms. The first-order valence-corrected chi connectivity index (χ1v) is 5.53. The molecule has 0 aromatic carbocycles. The number of unbranched alkanes of at least 4 members (excludes halogenated alkanes) is 6. The van der Waals surface area contributed by atoms with Crippen LogP contribution in [0, 0.1) is 0 Å². The highest BCUT2D eigenvalue weighted by atomic mass is 14.6. The lowest BCUT2D eigenvalue weighted by atomic mass is 10.1. The summed E-state index contributed by atoms with van der Waals surface area (Å²) >= 11 is 0. The largest absolute Gasteiger partial charge is 0.328 e. The van der Waals surface area contributed by atoms with E-state index in [2.05, 4.69) is 13.8 Å². The van der Waals surface area contributed by atoms with Crippen molar-refractivity contribution < 1.29 is 0 Å². The Morgan fingerprint density at radius 2 is 1.42 bits per heavy atom. The van der Waals surface area contributed by atoms with Crippen LogP contribution in [0.15, 0.2) is 0 Å². The molecule has 0 aromatic heterocycles. The smallest absolute Gasteiger partial charge is 0.00104 e. The van der Waals surface area contributed by atoms with E-state index in [1.807, 2.05) is 0 Å². The quantitative estimate of drug-likeness (QED) is 0.556. The lowest BCUT2D eigenvalue weighted by molar-refractivity contribution is 0.547. The van der Waals surface area contributed by atoms with Gasteiger partial charge in [-0.15, -0.1) is 0 Å². The summed E-state index contributed by atoms with van der Waals surface area (Å²) in [6, 6.07) is 0.403. The topological polar surface area (TPSA) is 26.0 Å². The standard InChI is InChI=1S/C11H25N/c1-3-4-5-6-7-8-9-10-11(2)12/h11H,3-10,12H2,1-2H3/t11-/m1/s1. The van der Waals surface area contributed by atoms with Gasteiger partial charge in [0.1, 0.15) is 0 Å². The van der Waals surface area contributed by atoms with Crippen molar-refractivity contribution >= 4 is 0 Å². The van der Waals surface area contributed by atoms with Crippen LogP contribution < -0.4 is 5.73 Å². The Balaban J connectivity index is 2.82. The van der Waals surface area contributed by atoms with Crippen LogP contribution in [0.25, 0.3) is 0 Å². The van der Waals surface area contributed by atoms with Crippen LogP contribution in [0.5, 0.6) is 0 Å². The van der Waals surface area contributed by atoms with Crippen molar-refractivity contribution in [3.05, 3.63) is 0 Å². The van der Waals surface area contributed by atoms with E-state index in [9.17, 15) is 0 Å². The van der Waals surface area contributed by atoms with Crippen molar-refractivity contribution in [1.29, 1.82) is 0 Å². The summed E-state index contributed by atoms with van der Waals surface area (Å²) in [5, 5.41) is 0. The highest BCUT2D eigenvalue weighted by Crippen LogP contribution is 2.08. The fourth-order valence-corrected chi connectivity index (χ4v) is 1.42. The minimum absolute atomic E-state index is 0.403. The van der Waals surface area contributed by atoms with Crippen LogP contribution in [0.3, 0.4) is 0 Å². The molecule has 0 rings (SSSR count). The number of nitrogens with two attached hydrogens (primary N) is 1. The number of hydrogen-bond acceptors (Lipinski definition) is 1. The molecule has 0 heterocycles. The van der Waals surface area contributed by atoms with E-state index in [-0.39, 0.29) is 0 Å². The molecule has 74 valence electrons. The normalized spacial score (nSPS) is 13.2. The van der Waals surface area contributed by atoms with Gasteiger partial charge in [-0.25, -0.2) is 0 Å². The third-order valence-electron chi connectivity index (χ3n) is 2.26. The molecule has 0 radical (unpaired) electrons. The van der Waals surface area contributed by atoms with Gasteiger partial charge in [0.2, 0.25) is 0 Å². The molecule has 1 nitrogen and oxygen atoms in total. The van der Waals surface area contributed by atoms with E-state index >= 15 is 0 Å². The molecule has 0 unspecified atom stereocenters. The Labute approximate surface area is 77.7 Å². The van der Waals surface area contributed by atoms with Gasteiger partial charge in [0.25, 0.3) is 0 Å². The number of rotatable bonds is 8. The van der Waals surface area contributed by atoms with Gasteiger partial charge >= 0.3 is 0 Å². The van der Waals surface area contributed by atoms with Crippen LogP contribution >= 0.6 is 0 Å². The zero-order valence-corrected chi connectivity index (χ0v) is 8.81. The van der Waals surface area contributed by atoms with Gasteiger partial charge in [0.15, 0.2) is 0 Å². The molecule has 0 fully saturated rings. The van der Waals surface area contributed by atoms with Crippen molar-refractivity contribution in [3.63, 3.8) is 0 Å². The highest BCUT2D eigenvalue weighted by Gasteiger charge is 1.94. The molecule has 0 saturated heterocycles. The first kappa shape index (κ1) is 12.0. The maximum atomic E-state index is 5.65. The van der Waals surface area contributed by atoms with E-state index in [0.717, 1.165) is 0 Å². The van der Waals surface area contributed by atoms with E-state index in [1.54, 1.807) is 0 Å². The Morgan fingerprint density at radius 3 is 1.92 bits per heavy atom. The highest BCUT2D eigenvalue weighted by molar-refractivity contribution is 4.53. The lowest BCUT2D eigenvalue weighted by Gasteiger charge is -2.03. The molecular weight excluding hydrogens is 146 g/mol. The zero-order valence-electron chi connectivity index (χ0n) is 8.81. The van der Waals surface area contributed by atoms with Crippen molar-refractivity contribution in [3.8, 4) is 0 Å². The van der Waals surface area contributed by atoms with Crippen molar-refractivity contribution in [2.24, 2.45) is 5.73 Å². The molecule has 0 aliphatic rings. The van der Waals surface area contributed by atoms with Gasteiger partial charge in [0, 0.05) is 6.04 Å². The average molecular weight is 171 g/mol. The lowest BCUT2D eigenvalue weighted by Crippen LogP contribution is -2.13. The summed E-state index contributed by atoms with van der Waals surface area (Å²) in [6.07, 6.45) is 10.9. The summed E-state index contributed by atoms with van der Waals surface area (Å²) in [5.74, 6) is 0. The van der Waals surface area contributed by atoms with E-state index < -0.39 is 0 Å². The molecule has 0 amide bonds. The van der Waals surface area contributed by atoms with Crippen LogP contribution in [0.4, 0.5) is 0 Å². The first-order chi connectivity index (χ1) is 5.77. The molecule has 0 aliphatic heterocycles. The second kappa shape index (κ2) is 9.05. The molecule has 0 spiro atoms. The van der Waals surface area contributed by atoms with Crippen molar-refractivity contribution in [2.45, 2.75) is 71.3 Å². The average Bonchev–Trinajstić information content (AvgIpc) is 2.02. The fraction of sp³-hybridized carbons (Fsp3) is 1.00.